The number of hydrogen-bond acceptors (Lipinski definition) is 8. The monoisotopic (exact) mass is 691 g/mol. The standard InChI is InChI=1S/C37H34N6O6S/c1-22-13-25-14-23(2)30(22)19-43(34(45)15-24-7-5-4-6-8-24)20-33(44)41-27-10-12-32(50(3,48)49)26(16-27)18-38-37(47)35(25)42-28-9-11-31-29(17-28)36(46)40-21-39-31/h4-14,16-17,21,35,42H,3,15,18-20H2,1-2H3,(H2-,38,39,40,41,44,46,47)/p+1. The molecule has 0 spiro atoms. The minimum absolute atomic E-state index is 0.0841. The van der Waals surface area contributed by atoms with Crippen LogP contribution in [0.15, 0.2) is 94.9 Å². The molecule has 2 aliphatic rings. The largest absolute Gasteiger partial charge is 0.370 e. The number of rotatable bonds is 5. The number of hydrogen-bond donors (Lipinski definition) is 4. The van der Waals surface area contributed by atoms with E-state index in [1.165, 1.54) is 29.4 Å². The second-order valence-corrected chi connectivity index (χ2v) is 14.0. The van der Waals surface area contributed by atoms with Gasteiger partial charge in [-0.2, -0.15) is 8.42 Å². The van der Waals surface area contributed by atoms with E-state index in [0.717, 1.165) is 22.3 Å². The molecule has 0 radical (unpaired) electrons. The van der Waals surface area contributed by atoms with E-state index in [-0.39, 0.29) is 53.7 Å². The number of carbonyl (C=O) groups is 3. The van der Waals surface area contributed by atoms with Crippen LogP contribution in [0.4, 0.5) is 11.4 Å². The Hall–Kier alpha value is -5.95. The van der Waals surface area contributed by atoms with Crippen LogP contribution in [0, 0.1) is 20.1 Å². The molecular weight excluding hydrogens is 657 g/mol. The maximum atomic E-state index is 14.0. The van der Waals surface area contributed by atoms with Gasteiger partial charge < -0.3 is 25.8 Å². The van der Waals surface area contributed by atoms with Crippen molar-refractivity contribution in [1.29, 1.82) is 0 Å². The average molecular weight is 692 g/mol. The SMILES string of the molecule is [CH2+]S(=O)(=O)c1ccc2cc1CNC(=O)C(Nc1ccc3nc[nH]c(=O)c3c1)c1cc(C)c(c(C)c1)CN(C(=O)Cc1ccccc1)CC(=O)N2. The molecule has 4 aromatic carbocycles. The van der Waals surface area contributed by atoms with Crippen molar-refractivity contribution in [2.75, 3.05) is 17.2 Å². The summed E-state index contributed by atoms with van der Waals surface area (Å²) in [6, 6.07) is 21.2. The van der Waals surface area contributed by atoms with Gasteiger partial charge in [0.25, 0.3) is 5.56 Å². The Morgan fingerprint density at radius 3 is 2.42 bits per heavy atom. The van der Waals surface area contributed by atoms with Crippen molar-refractivity contribution in [2.45, 2.75) is 44.3 Å². The van der Waals surface area contributed by atoms with Crippen LogP contribution >= 0.6 is 0 Å². The summed E-state index contributed by atoms with van der Waals surface area (Å²) < 4.78 is 25.2. The quantitative estimate of drug-likeness (QED) is 0.200. The number of anilines is 2. The van der Waals surface area contributed by atoms with Crippen molar-refractivity contribution in [3.63, 3.8) is 0 Å². The Labute approximate surface area is 288 Å². The number of aryl methyl sites for hydroxylation is 2. The minimum atomic E-state index is -3.96. The van der Waals surface area contributed by atoms with Gasteiger partial charge in [-0.25, -0.2) is 4.98 Å². The molecule has 254 valence electrons. The topological polar surface area (TPSA) is 170 Å². The summed E-state index contributed by atoms with van der Waals surface area (Å²) in [7, 11) is -3.96. The van der Waals surface area contributed by atoms with Crippen molar-refractivity contribution < 1.29 is 22.8 Å². The molecule has 1 atom stereocenters. The van der Waals surface area contributed by atoms with Crippen LogP contribution in [-0.4, -0.2) is 47.6 Å². The van der Waals surface area contributed by atoms with Gasteiger partial charge in [-0.05, 0) is 83.6 Å². The zero-order valence-electron chi connectivity index (χ0n) is 27.4. The van der Waals surface area contributed by atoms with E-state index in [0.29, 0.717) is 22.2 Å². The summed E-state index contributed by atoms with van der Waals surface area (Å²) in [6.45, 7) is 3.42. The fourth-order valence-corrected chi connectivity index (χ4v) is 6.94. The first-order valence-corrected chi connectivity index (χ1v) is 17.5. The van der Waals surface area contributed by atoms with Crippen LogP contribution in [0.1, 0.15) is 39.4 Å². The van der Waals surface area contributed by atoms with E-state index in [9.17, 15) is 27.6 Å². The molecule has 5 aromatic rings. The van der Waals surface area contributed by atoms with E-state index in [2.05, 4.69) is 32.2 Å². The van der Waals surface area contributed by atoms with Gasteiger partial charge in [-0.3, -0.25) is 19.2 Å². The lowest BCUT2D eigenvalue weighted by molar-refractivity contribution is -0.134. The van der Waals surface area contributed by atoms with Crippen molar-refractivity contribution in [1.82, 2.24) is 20.2 Å². The first-order valence-electron chi connectivity index (χ1n) is 15.8. The summed E-state index contributed by atoms with van der Waals surface area (Å²) in [4.78, 5) is 61.8. The molecule has 4 N–H and O–H groups in total. The number of aromatic nitrogens is 2. The lowest BCUT2D eigenvalue weighted by Crippen LogP contribution is -2.39. The molecule has 12 nitrogen and oxygen atoms in total. The van der Waals surface area contributed by atoms with Gasteiger partial charge in [0, 0.05) is 24.5 Å². The number of carbonyl (C=O) groups excluding carboxylic acids is 3. The number of amides is 3. The second kappa shape index (κ2) is 13.9. The van der Waals surface area contributed by atoms with Gasteiger partial charge in [0.1, 0.15) is 17.5 Å². The van der Waals surface area contributed by atoms with Crippen LogP contribution in [0.2, 0.25) is 0 Å². The van der Waals surface area contributed by atoms with Crippen molar-refractivity contribution in [3.8, 4) is 0 Å². The highest BCUT2D eigenvalue weighted by atomic mass is 32.2. The molecule has 50 heavy (non-hydrogen) atoms. The number of nitrogens with zero attached hydrogens (tertiary/aromatic N) is 2. The first kappa shape index (κ1) is 33.9. The predicted octanol–water partition coefficient (Wildman–Crippen LogP) is 4.10. The van der Waals surface area contributed by atoms with Gasteiger partial charge >= 0.3 is 9.84 Å². The average Bonchev–Trinajstić information content (AvgIpc) is 3.07. The zero-order valence-corrected chi connectivity index (χ0v) is 28.3. The molecule has 4 bridgehead atoms. The van der Waals surface area contributed by atoms with Gasteiger partial charge in [0.2, 0.25) is 17.7 Å². The molecule has 2 aliphatic heterocycles. The maximum absolute atomic E-state index is 14.0. The Morgan fingerprint density at radius 2 is 1.70 bits per heavy atom. The maximum Gasteiger partial charge on any atom is 0.319 e. The summed E-state index contributed by atoms with van der Waals surface area (Å²) in [5.41, 5.74) is 4.92. The number of nitrogens with one attached hydrogen (secondary N) is 4. The number of benzene rings is 4. The number of H-pyrrole nitrogens is 1. The fourth-order valence-electron chi connectivity index (χ4n) is 6.13. The Morgan fingerprint density at radius 1 is 0.960 bits per heavy atom. The smallest absolute Gasteiger partial charge is 0.319 e. The van der Waals surface area contributed by atoms with E-state index >= 15 is 0 Å². The third-order valence-electron chi connectivity index (χ3n) is 8.63. The minimum Gasteiger partial charge on any atom is -0.370 e. The number of sulfone groups is 1. The van der Waals surface area contributed by atoms with Crippen molar-refractivity contribution >= 4 is 49.8 Å². The fraction of sp³-hybridized carbons (Fsp3) is 0.189. The van der Waals surface area contributed by atoms with Crippen LogP contribution in [0.25, 0.3) is 10.9 Å². The van der Waals surface area contributed by atoms with Gasteiger partial charge in [-0.1, -0.05) is 42.5 Å². The molecule has 3 amide bonds. The third kappa shape index (κ3) is 7.52. The highest BCUT2D eigenvalue weighted by Gasteiger charge is 2.27. The normalized spacial score (nSPS) is 15.4. The summed E-state index contributed by atoms with van der Waals surface area (Å²) >= 11 is 0. The van der Waals surface area contributed by atoms with E-state index in [1.807, 2.05) is 56.3 Å². The van der Waals surface area contributed by atoms with Crippen molar-refractivity contribution in [3.05, 3.63) is 135 Å². The van der Waals surface area contributed by atoms with Gasteiger partial charge in [-0.15, -0.1) is 0 Å². The lowest BCUT2D eigenvalue weighted by Gasteiger charge is -2.27. The lowest BCUT2D eigenvalue weighted by atomic mass is 9.94. The molecule has 13 heteroatoms. The summed E-state index contributed by atoms with van der Waals surface area (Å²) in [6.07, 6.45) is 4.69. The Kier molecular flexibility index (Phi) is 9.42. The highest BCUT2D eigenvalue weighted by molar-refractivity contribution is 7.92. The number of fused-ring (bicyclic) bond motifs is 10. The van der Waals surface area contributed by atoms with Crippen LogP contribution in [0.5, 0.6) is 0 Å². The molecule has 0 aliphatic carbocycles. The summed E-state index contributed by atoms with van der Waals surface area (Å²) in [5.74, 6) is -1.21. The van der Waals surface area contributed by atoms with Gasteiger partial charge in [0.05, 0.1) is 23.7 Å². The molecular formula is C37H35N6O6S+. The predicted molar refractivity (Wildman–Crippen MR) is 190 cm³/mol. The molecule has 3 heterocycles. The molecule has 1 aromatic heterocycles. The van der Waals surface area contributed by atoms with Crippen molar-refractivity contribution in [2.24, 2.45) is 0 Å². The third-order valence-corrected chi connectivity index (χ3v) is 9.70. The second-order valence-electron chi connectivity index (χ2n) is 12.3. The number of aromatic amines is 1. The van der Waals surface area contributed by atoms with Crippen LogP contribution in [0.3, 0.4) is 0 Å². The van der Waals surface area contributed by atoms with E-state index in [4.69, 9.17) is 0 Å². The molecule has 0 saturated heterocycles. The molecule has 0 fully saturated rings. The molecule has 0 saturated carbocycles. The zero-order chi connectivity index (χ0) is 35.6. The van der Waals surface area contributed by atoms with E-state index in [1.54, 1.807) is 18.2 Å². The van der Waals surface area contributed by atoms with E-state index < -0.39 is 27.7 Å². The van der Waals surface area contributed by atoms with Gasteiger partial charge in [0.15, 0.2) is 6.26 Å². The highest BCUT2D eigenvalue weighted by Crippen LogP contribution is 2.28. The molecule has 1 unspecified atom stereocenters. The summed E-state index contributed by atoms with van der Waals surface area (Å²) in [5, 5.41) is 9.21. The van der Waals surface area contributed by atoms with Crippen LogP contribution in [-0.2, 0) is 43.7 Å². The Balaban J connectivity index is 1.44. The first-order chi connectivity index (χ1) is 23.9. The molecule has 7 rings (SSSR count). The Bertz CT molecular complexity index is 2280. The van der Waals surface area contributed by atoms with Crippen LogP contribution < -0.4 is 21.5 Å².